The average Bonchev–Trinajstić information content (AvgIpc) is 1.87. The molecule has 59 valence electrons. The van der Waals surface area contributed by atoms with Gasteiger partial charge in [-0.2, -0.15) is 0 Å². The average molecular weight is 151 g/mol. The monoisotopic (exact) mass is 151 g/mol. The molecule has 0 spiro atoms. The molecule has 3 nitrogen and oxygen atoms in total. The first kappa shape index (κ1) is 9.49. The molecule has 0 saturated heterocycles. The molecule has 0 heterocycles. The molecular formula is C8H11N2O. The van der Waals surface area contributed by atoms with E-state index in [0.29, 0.717) is 5.69 Å². The van der Waals surface area contributed by atoms with Gasteiger partial charge < -0.3 is 11.5 Å². The molecule has 3 heteroatoms. The lowest BCUT2D eigenvalue weighted by Gasteiger charge is -1.82. The smallest absolute Gasteiger partial charge is 0.214 e. The van der Waals surface area contributed by atoms with E-state index in [2.05, 4.69) is 11.8 Å². The standard InChI is InChI=1S/C6H6N.C2H5NO/c7-6-4-2-1-3-5-6;1-2(3)4/h1-4H,7H2;1H3,(H2,3,4). The number of nitrogens with two attached hydrogens (primary N) is 2. The molecule has 0 aliphatic heterocycles. The normalized spacial score (nSPS) is 7.73. The third-order valence-electron chi connectivity index (χ3n) is 0.733. The summed E-state index contributed by atoms with van der Waals surface area (Å²) in [5, 5.41) is 0. The second-order valence-electron chi connectivity index (χ2n) is 1.93. The maximum atomic E-state index is 9.22. The summed E-state index contributed by atoms with van der Waals surface area (Å²) in [7, 11) is 0. The van der Waals surface area contributed by atoms with Crippen molar-refractivity contribution in [2.24, 2.45) is 5.73 Å². The summed E-state index contributed by atoms with van der Waals surface area (Å²) >= 11 is 0. The maximum absolute atomic E-state index is 9.22. The van der Waals surface area contributed by atoms with Crippen LogP contribution in [0.4, 0.5) is 5.69 Å². The lowest BCUT2D eigenvalue weighted by molar-refractivity contribution is -0.115. The van der Waals surface area contributed by atoms with E-state index in [4.69, 9.17) is 5.73 Å². The first-order valence-electron chi connectivity index (χ1n) is 3.11. The molecule has 0 aliphatic rings. The largest absolute Gasteiger partial charge is 0.398 e. The number of rotatable bonds is 0. The summed E-state index contributed by atoms with van der Waals surface area (Å²) in [4.78, 5) is 9.22. The van der Waals surface area contributed by atoms with Crippen LogP contribution >= 0.6 is 0 Å². The first-order valence-corrected chi connectivity index (χ1v) is 3.11. The highest BCUT2D eigenvalue weighted by Crippen LogP contribution is 1.94. The molecule has 0 saturated carbocycles. The lowest BCUT2D eigenvalue weighted by Crippen LogP contribution is -2.01. The minimum absolute atomic E-state index is 0.333. The molecule has 11 heavy (non-hydrogen) atoms. The second-order valence-corrected chi connectivity index (χ2v) is 1.93. The van der Waals surface area contributed by atoms with Crippen molar-refractivity contribution in [3.05, 3.63) is 30.3 Å². The second kappa shape index (κ2) is 5.29. The number of anilines is 1. The zero-order valence-electron chi connectivity index (χ0n) is 6.37. The molecule has 0 fully saturated rings. The molecule has 0 atom stereocenters. The van der Waals surface area contributed by atoms with Crippen molar-refractivity contribution < 1.29 is 4.79 Å². The molecule has 0 aromatic heterocycles. The quantitative estimate of drug-likeness (QED) is 0.532. The van der Waals surface area contributed by atoms with Crippen molar-refractivity contribution in [3.63, 3.8) is 0 Å². The van der Waals surface area contributed by atoms with Crippen LogP contribution in [0.2, 0.25) is 0 Å². The fourth-order valence-corrected chi connectivity index (χ4v) is 0.407. The fourth-order valence-electron chi connectivity index (χ4n) is 0.407. The molecule has 1 amide bonds. The van der Waals surface area contributed by atoms with Crippen molar-refractivity contribution in [2.45, 2.75) is 6.92 Å². The molecule has 1 aromatic rings. The van der Waals surface area contributed by atoms with Crippen LogP contribution in [0.15, 0.2) is 24.3 Å². The van der Waals surface area contributed by atoms with E-state index >= 15 is 0 Å². The minimum Gasteiger partial charge on any atom is -0.398 e. The van der Waals surface area contributed by atoms with Gasteiger partial charge in [-0.15, -0.1) is 0 Å². The number of para-hydroxylation sites is 1. The number of carbonyl (C=O) groups excluding carboxylic acids is 1. The molecule has 0 bridgehead atoms. The summed E-state index contributed by atoms with van der Waals surface area (Å²) < 4.78 is 0. The van der Waals surface area contributed by atoms with Crippen LogP contribution in [0.1, 0.15) is 6.92 Å². The van der Waals surface area contributed by atoms with Gasteiger partial charge in [0.2, 0.25) is 5.91 Å². The Morgan fingerprint density at radius 2 is 2.09 bits per heavy atom. The van der Waals surface area contributed by atoms with Crippen molar-refractivity contribution >= 4 is 11.6 Å². The third-order valence-corrected chi connectivity index (χ3v) is 0.733. The summed E-state index contributed by atoms with van der Waals surface area (Å²) in [6.45, 7) is 1.31. The summed E-state index contributed by atoms with van der Waals surface area (Å²) in [5.74, 6) is -0.333. The summed E-state index contributed by atoms with van der Waals surface area (Å²) in [6, 6.07) is 10.2. The zero-order valence-corrected chi connectivity index (χ0v) is 6.37. The predicted molar refractivity (Wildman–Crippen MR) is 44.6 cm³/mol. The Kier molecular flexibility index (Phi) is 4.56. The Morgan fingerprint density at radius 1 is 1.55 bits per heavy atom. The summed E-state index contributed by atoms with van der Waals surface area (Å²) in [6.07, 6.45) is 0. The number of hydrogen-bond acceptors (Lipinski definition) is 2. The number of primary amides is 1. The highest BCUT2D eigenvalue weighted by Gasteiger charge is 1.73. The van der Waals surface area contributed by atoms with E-state index in [-0.39, 0.29) is 5.91 Å². The van der Waals surface area contributed by atoms with Crippen molar-refractivity contribution in [2.75, 3.05) is 5.73 Å². The first-order chi connectivity index (χ1) is 5.13. The van der Waals surface area contributed by atoms with Gasteiger partial charge in [-0.05, 0) is 6.07 Å². The lowest BCUT2D eigenvalue weighted by atomic mass is 10.3. The van der Waals surface area contributed by atoms with Gasteiger partial charge in [-0.1, -0.05) is 18.2 Å². The Balaban J connectivity index is 0.000000218. The van der Waals surface area contributed by atoms with Gasteiger partial charge in [-0.25, -0.2) is 0 Å². The summed E-state index contributed by atoms with van der Waals surface area (Å²) in [5.41, 5.74) is 10.5. The number of benzene rings is 1. The van der Waals surface area contributed by atoms with E-state index in [9.17, 15) is 4.79 Å². The van der Waals surface area contributed by atoms with Gasteiger partial charge >= 0.3 is 0 Å². The van der Waals surface area contributed by atoms with E-state index in [1.54, 1.807) is 12.1 Å². The highest BCUT2D eigenvalue weighted by molar-refractivity contribution is 5.70. The Bertz CT molecular complexity index is 205. The van der Waals surface area contributed by atoms with Crippen molar-refractivity contribution in [1.29, 1.82) is 0 Å². The van der Waals surface area contributed by atoms with Crippen molar-refractivity contribution in [3.8, 4) is 0 Å². The van der Waals surface area contributed by atoms with Crippen LogP contribution in [0.25, 0.3) is 0 Å². The number of carbonyl (C=O) groups is 1. The Morgan fingerprint density at radius 3 is 2.27 bits per heavy atom. The van der Waals surface area contributed by atoms with Crippen LogP contribution in [0, 0.1) is 6.07 Å². The van der Waals surface area contributed by atoms with Gasteiger partial charge in [0.15, 0.2) is 0 Å². The van der Waals surface area contributed by atoms with Crippen LogP contribution in [0.3, 0.4) is 0 Å². The van der Waals surface area contributed by atoms with Crippen molar-refractivity contribution in [1.82, 2.24) is 0 Å². The molecular weight excluding hydrogens is 140 g/mol. The van der Waals surface area contributed by atoms with E-state index in [0.717, 1.165) is 0 Å². The van der Waals surface area contributed by atoms with Crippen LogP contribution in [-0.2, 0) is 4.79 Å². The minimum atomic E-state index is -0.333. The van der Waals surface area contributed by atoms with Gasteiger partial charge in [0.05, 0.1) is 0 Å². The molecule has 1 aromatic carbocycles. The number of nitrogen functional groups attached to an aromatic ring is 1. The number of amides is 1. The van der Waals surface area contributed by atoms with E-state index in [1.807, 2.05) is 12.1 Å². The van der Waals surface area contributed by atoms with Gasteiger partial charge in [0.25, 0.3) is 0 Å². The highest BCUT2D eigenvalue weighted by atomic mass is 16.1. The zero-order chi connectivity index (χ0) is 8.69. The Labute approximate surface area is 66.0 Å². The molecule has 0 unspecified atom stereocenters. The van der Waals surface area contributed by atoms with E-state index < -0.39 is 0 Å². The van der Waals surface area contributed by atoms with Gasteiger partial charge in [0.1, 0.15) is 0 Å². The van der Waals surface area contributed by atoms with Crippen LogP contribution in [-0.4, -0.2) is 5.91 Å². The van der Waals surface area contributed by atoms with Crippen LogP contribution in [0.5, 0.6) is 0 Å². The molecule has 1 radical (unpaired) electrons. The molecule has 0 aliphatic carbocycles. The predicted octanol–water partition coefficient (Wildman–Crippen LogP) is 0.561. The maximum Gasteiger partial charge on any atom is 0.214 e. The van der Waals surface area contributed by atoms with Crippen LogP contribution < -0.4 is 11.5 Å². The SMILES string of the molecule is CC(N)=O.Nc1[c]cccc1. The third kappa shape index (κ3) is 8.49. The molecule has 1 rings (SSSR count). The fraction of sp³-hybridized carbons (Fsp3) is 0.125. The topological polar surface area (TPSA) is 69.1 Å². The Hall–Kier alpha value is -1.51. The van der Waals surface area contributed by atoms with Gasteiger partial charge in [-0.3, -0.25) is 4.79 Å². The molecule has 4 N–H and O–H groups in total. The van der Waals surface area contributed by atoms with Gasteiger partial charge in [0, 0.05) is 18.7 Å². The number of hydrogen-bond donors (Lipinski definition) is 2. The van der Waals surface area contributed by atoms with E-state index in [1.165, 1.54) is 6.92 Å².